The van der Waals surface area contributed by atoms with Crippen LogP contribution in [0.3, 0.4) is 0 Å². The predicted molar refractivity (Wildman–Crippen MR) is 259 cm³/mol. The third-order valence-corrected chi connectivity index (χ3v) is 16.5. The van der Waals surface area contributed by atoms with Crippen molar-refractivity contribution in [2.75, 3.05) is 0 Å². The van der Waals surface area contributed by atoms with Crippen molar-refractivity contribution in [3.63, 3.8) is 0 Å². The van der Waals surface area contributed by atoms with Gasteiger partial charge in [-0.2, -0.15) is 0 Å². The molecule has 0 heterocycles. The van der Waals surface area contributed by atoms with Crippen molar-refractivity contribution in [1.82, 2.24) is 0 Å². The summed E-state index contributed by atoms with van der Waals surface area (Å²) in [7, 11) is -1.34. The number of rotatable bonds is 9. The van der Waals surface area contributed by atoms with Crippen molar-refractivity contribution in [3.8, 4) is 0 Å². The minimum Gasteiger partial charge on any atom is -0.0622 e. The van der Waals surface area contributed by atoms with Crippen LogP contribution in [0.25, 0.3) is 0 Å². The Kier molecular flexibility index (Phi) is 19.5. The van der Waals surface area contributed by atoms with Gasteiger partial charge in [-0.15, -0.1) is 0 Å². The Morgan fingerprint density at radius 2 is 0.250 bits per heavy atom. The van der Waals surface area contributed by atoms with Gasteiger partial charge in [-0.25, -0.2) is 0 Å². The van der Waals surface area contributed by atoms with Crippen LogP contribution in [-0.4, -0.2) is 0 Å². The molecule has 0 radical (unpaired) electrons. The smallest absolute Gasteiger partial charge is 0 e. The molecular formula is C54H45N2P3Ru. The summed E-state index contributed by atoms with van der Waals surface area (Å²) in [5.74, 6) is 0. The Balaban J connectivity index is 0.000000166. The first kappa shape index (κ1) is 45.4. The molecule has 0 saturated carbocycles. The zero-order valence-electron chi connectivity index (χ0n) is 33.1. The molecule has 60 heavy (non-hydrogen) atoms. The SMILES string of the molecule is N#N.[Ru].c1ccc(P(c2ccccc2)c2ccccc2)cc1.c1ccc(P(c2ccccc2)c2ccccc2)cc1.c1ccc(P(c2ccccc2)c2ccccc2)cc1. The predicted octanol–water partition coefficient (Wildman–Crippen LogP) is 10.4. The van der Waals surface area contributed by atoms with Crippen molar-refractivity contribution in [2.24, 2.45) is 0 Å². The molecule has 2 nitrogen and oxygen atoms in total. The molecule has 0 amide bonds. The molecule has 9 aromatic carbocycles. The first-order valence-electron chi connectivity index (χ1n) is 19.4. The fourth-order valence-corrected chi connectivity index (χ4v) is 13.5. The third-order valence-electron chi connectivity index (χ3n) is 9.13. The van der Waals surface area contributed by atoms with Crippen LogP contribution in [0.5, 0.6) is 0 Å². The van der Waals surface area contributed by atoms with Gasteiger partial charge in [0.2, 0.25) is 0 Å². The monoisotopic (exact) mass is 916 g/mol. The molecule has 9 aromatic rings. The maximum Gasteiger partial charge on any atom is 0 e. The summed E-state index contributed by atoms with van der Waals surface area (Å²) in [5.41, 5.74) is 0. The molecule has 0 aliphatic heterocycles. The first-order valence-corrected chi connectivity index (χ1v) is 23.4. The van der Waals surface area contributed by atoms with E-state index in [0.29, 0.717) is 0 Å². The van der Waals surface area contributed by atoms with E-state index in [1.54, 1.807) is 0 Å². The summed E-state index contributed by atoms with van der Waals surface area (Å²) in [5, 5.41) is 24.6. The summed E-state index contributed by atoms with van der Waals surface area (Å²) in [6.45, 7) is 0. The zero-order valence-corrected chi connectivity index (χ0v) is 37.5. The van der Waals surface area contributed by atoms with Crippen LogP contribution in [0.1, 0.15) is 0 Å². The molecule has 0 aliphatic carbocycles. The molecule has 0 N–H and O–H groups in total. The average molecular weight is 916 g/mol. The van der Waals surface area contributed by atoms with Gasteiger partial charge in [0.1, 0.15) is 0 Å². The minimum absolute atomic E-state index is 0. The van der Waals surface area contributed by atoms with Crippen LogP contribution >= 0.6 is 23.8 Å². The largest absolute Gasteiger partial charge is 0.0622 e. The van der Waals surface area contributed by atoms with E-state index in [1.165, 1.54) is 47.7 Å². The van der Waals surface area contributed by atoms with Gasteiger partial charge in [0, 0.05) is 30.3 Å². The fourth-order valence-electron chi connectivity index (χ4n) is 6.54. The van der Waals surface area contributed by atoms with E-state index in [9.17, 15) is 0 Å². The van der Waals surface area contributed by atoms with E-state index in [2.05, 4.69) is 273 Å². The van der Waals surface area contributed by atoms with Crippen LogP contribution in [-0.2, 0) is 19.5 Å². The van der Waals surface area contributed by atoms with Gasteiger partial charge in [-0.05, 0) is 71.5 Å². The molecule has 0 aliphatic rings. The molecule has 9 rings (SSSR count). The summed E-state index contributed by atoms with van der Waals surface area (Å²) in [6.07, 6.45) is 0. The van der Waals surface area contributed by atoms with E-state index in [4.69, 9.17) is 10.8 Å². The van der Waals surface area contributed by atoms with Gasteiger partial charge < -0.3 is 0 Å². The molecule has 0 bridgehead atoms. The molecule has 0 aromatic heterocycles. The summed E-state index contributed by atoms with van der Waals surface area (Å²) >= 11 is 0. The Morgan fingerprint density at radius 1 is 0.167 bits per heavy atom. The van der Waals surface area contributed by atoms with Gasteiger partial charge in [0.05, 0.1) is 0 Å². The Bertz CT molecular complexity index is 1920. The maximum absolute atomic E-state index is 6.00. The number of hydrogen-bond donors (Lipinski definition) is 0. The van der Waals surface area contributed by atoms with E-state index in [1.807, 2.05) is 0 Å². The van der Waals surface area contributed by atoms with Crippen molar-refractivity contribution < 1.29 is 19.5 Å². The van der Waals surface area contributed by atoms with Crippen LogP contribution in [0, 0.1) is 10.8 Å². The Morgan fingerprint density at radius 3 is 0.333 bits per heavy atom. The molecule has 0 spiro atoms. The summed E-state index contributed by atoms with van der Waals surface area (Å²) in [6, 6.07) is 97.0. The van der Waals surface area contributed by atoms with Crippen LogP contribution < -0.4 is 47.7 Å². The Hall–Kier alpha value is -5.69. The second kappa shape index (κ2) is 25.7. The fraction of sp³-hybridized carbons (Fsp3) is 0. The molecular weight excluding hydrogens is 871 g/mol. The molecule has 0 atom stereocenters. The average Bonchev–Trinajstić information content (AvgIpc) is 3.34. The van der Waals surface area contributed by atoms with E-state index < -0.39 is 23.8 Å². The van der Waals surface area contributed by atoms with E-state index in [-0.39, 0.29) is 19.5 Å². The van der Waals surface area contributed by atoms with Gasteiger partial charge in [-0.1, -0.05) is 273 Å². The molecule has 0 unspecified atom stereocenters. The number of nitrogens with zero attached hydrogens (tertiary/aromatic N) is 2. The van der Waals surface area contributed by atoms with Gasteiger partial charge in [0.25, 0.3) is 0 Å². The van der Waals surface area contributed by atoms with Gasteiger partial charge in [-0.3, -0.25) is 0 Å². The minimum atomic E-state index is -0.446. The Labute approximate surface area is 372 Å². The van der Waals surface area contributed by atoms with Crippen molar-refractivity contribution in [1.29, 1.82) is 10.8 Å². The third kappa shape index (κ3) is 13.2. The second-order valence-corrected chi connectivity index (χ2v) is 19.7. The topological polar surface area (TPSA) is 47.6 Å². The number of benzene rings is 9. The summed E-state index contributed by atoms with van der Waals surface area (Å²) < 4.78 is 0. The normalized spacial score (nSPS) is 10.1. The van der Waals surface area contributed by atoms with Crippen LogP contribution in [0.4, 0.5) is 0 Å². The summed E-state index contributed by atoms with van der Waals surface area (Å²) in [4.78, 5) is 0. The molecule has 6 heteroatoms. The van der Waals surface area contributed by atoms with Crippen molar-refractivity contribution in [3.05, 3.63) is 273 Å². The molecule has 0 fully saturated rings. The van der Waals surface area contributed by atoms with E-state index >= 15 is 0 Å². The quantitative estimate of drug-likeness (QED) is 0.0823. The second-order valence-electron chi connectivity index (χ2n) is 13.0. The van der Waals surface area contributed by atoms with Crippen LogP contribution in [0.2, 0.25) is 0 Å². The van der Waals surface area contributed by atoms with Crippen molar-refractivity contribution in [2.45, 2.75) is 0 Å². The molecule has 0 saturated heterocycles. The van der Waals surface area contributed by atoms with Crippen LogP contribution in [0.15, 0.2) is 273 Å². The maximum atomic E-state index is 6.00. The zero-order chi connectivity index (χ0) is 40.7. The first-order chi connectivity index (χ1) is 29.3. The standard InChI is InChI=1S/3C18H15P.N2.Ru/c3*1-4-10-16(11-5-1)19(17-12-6-2-7-13-17)18-14-8-3-9-15-18;1-2;/h3*1-15H;;. The van der Waals surface area contributed by atoms with Gasteiger partial charge in [0.15, 0.2) is 0 Å². The number of hydrogen-bond acceptors (Lipinski definition) is 2. The molecule has 294 valence electrons. The van der Waals surface area contributed by atoms with E-state index in [0.717, 1.165) is 0 Å². The van der Waals surface area contributed by atoms with Crippen molar-refractivity contribution >= 4 is 71.5 Å². The van der Waals surface area contributed by atoms with Gasteiger partial charge >= 0.3 is 0 Å².